The second kappa shape index (κ2) is 14.5. The summed E-state index contributed by atoms with van der Waals surface area (Å²) in [7, 11) is -4.27. The van der Waals surface area contributed by atoms with Gasteiger partial charge in [-0.25, -0.2) is 12.8 Å². The lowest BCUT2D eigenvalue weighted by Gasteiger charge is -2.32. The fourth-order valence-electron chi connectivity index (χ4n) is 4.10. The third-order valence-electron chi connectivity index (χ3n) is 6.32. The molecule has 1 atom stereocenters. The van der Waals surface area contributed by atoms with Gasteiger partial charge in [-0.3, -0.25) is 13.9 Å². The largest absolute Gasteiger partial charge is 0.494 e. The van der Waals surface area contributed by atoms with Gasteiger partial charge in [-0.1, -0.05) is 37.3 Å². The van der Waals surface area contributed by atoms with Crippen molar-refractivity contribution in [1.29, 1.82) is 0 Å². The van der Waals surface area contributed by atoms with Crippen molar-refractivity contribution in [3.8, 4) is 5.75 Å². The standard InChI is InChI=1S/C30H36FN3O5S/c1-4-20-32-30(36)23(3)33(21-19-24-9-7-6-8-10-24)29(35)22-34(26-13-15-27(16-14-26)39-5-2)40(37,38)28-17-11-25(31)12-18-28/h6-18,23H,4-5,19-22H2,1-3H3,(H,32,36)/t23-/m0/s1. The highest BCUT2D eigenvalue weighted by molar-refractivity contribution is 7.92. The van der Waals surface area contributed by atoms with Gasteiger partial charge in [0.1, 0.15) is 24.2 Å². The van der Waals surface area contributed by atoms with Gasteiger partial charge in [0, 0.05) is 13.1 Å². The highest BCUT2D eigenvalue weighted by Crippen LogP contribution is 2.26. The van der Waals surface area contributed by atoms with Gasteiger partial charge in [0.15, 0.2) is 0 Å². The molecule has 0 radical (unpaired) electrons. The first-order valence-corrected chi connectivity index (χ1v) is 14.7. The Morgan fingerprint density at radius 1 is 0.950 bits per heavy atom. The molecule has 0 spiro atoms. The maximum atomic E-state index is 13.8. The molecule has 214 valence electrons. The number of carbonyl (C=O) groups is 2. The number of rotatable bonds is 14. The zero-order valence-electron chi connectivity index (χ0n) is 23.0. The molecule has 0 aromatic heterocycles. The molecule has 0 aliphatic heterocycles. The summed E-state index contributed by atoms with van der Waals surface area (Å²) >= 11 is 0. The van der Waals surface area contributed by atoms with Crippen LogP contribution in [0, 0.1) is 5.82 Å². The second-order valence-electron chi connectivity index (χ2n) is 9.18. The lowest BCUT2D eigenvalue weighted by molar-refractivity contribution is -0.138. The Morgan fingerprint density at radius 3 is 2.20 bits per heavy atom. The molecule has 40 heavy (non-hydrogen) atoms. The van der Waals surface area contributed by atoms with Crippen LogP contribution in [0.15, 0.2) is 83.8 Å². The van der Waals surface area contributed by atoms with Gasteiger partial charge in [-0.15, -0.1) is 0 Å². The predicted octanol–water partition coefficient (Wildman–Crippen LogP) is 4.41. The molecule has 8 nitrogen and oxygen atoms in total. The summed E-state index contributed by atoms with van der Waals surface area (Å²) < 4.78 is 47.6. The van der Waals surface area contributed by atoms with Crippen LogP contribution in [-0.2, 0) is 26.0 Å². The molecular weight excluding hydrogens is 533 g/mol. The first-order valence-electron chi connectivity index (χ1n) is 13.3. The number of ether oxygens (including phenoxy) is 1. The van der Waals surface area contributed by atoms with Gasteiger partial charge >= 0.3 is 0 Å². The molecule has 0 fully saturated rings. The van der Waals surface area contributed by atoms with Crippen molar-refractivity contribution in [2.45, 2.75) is 44.6 Å². The summed E-state index contributed by atoms with van der Waals surface area (Å²) in [5.41, 5.74) is 1.20. The number of benzene rings is 3. The average molecular weight is 570 g/mol. The molecular formula is C30H36FN3O5S. The summed E-state index contributed by atoms with van der Waals surface area (Å²) in [5, 5.41) is 2.82. The first kappa shape index (κ1) is 30.6. The molecule has 10 heteroatoms. The van der Waals surface area contributed by atoms with Crippen molar-refractivity contribution in [1.82, 2.24) is 10.2 Å². The minimum Gasteiger partial charge on any atom is -0.494 e. The molecule has 3 rings (SSSR count). The third-order valence-corrected chi connectivity index (χ3v) is 8.11. The predicted molar refractivity (Wildman–Crippen MR) is 153 cm³/mol. The Morgan fingerprint density at radius 2 is 1.60 bits per heavy atom. The highest BCUT2D eigenvalue weighted by Gasteiger charge is 2.32. The molecule has 2 amide bonds. The van der Waals surface area contributed by atoms with E-state index >= 15 is 0 Å². The molecule has 0 unspecified atom stereocenters. The lowest BCUT2D eigenvalue weighted by Crippen LogP contribution is -2.52. The molecule has 0 bridgehead atoms. The quantitative estimate of drug-likeness (QED) is 0.310. The summed E-state index contributed by atoms with van der Waals surface area (Å²) in [6.07, 6.45) is 1.21. The van der Waals surface area contributed by atoms with E-state index in [1.165, 1.54) is 4.90 Å². The van der Waals surface area contributed by atoms with Crippen molar-refractivity contribution >= 4 is 27.5 Å². The highest BCUT2D eigenvalue weighted by atomic mass is 32.2. The van der Waals surface area contributed by atoms with Crippen LogP contribution in [0.1, 0.15) is 32.8 Å². The Bertz CT molecular complexity index is 1350. The topological polar surface area (TPSA) is 96.0 Å². The minimum atomic E-state index is -4.27. The Kier molecular flexibility index (Phi) is 11.1. The zero-order valence-corrected chi connectivity index (χ0v) is 23.9. The average Bonchev–Trinajstić information content (AvgIpc) is 2.96. The number of amides is 2. The van der Waals surface area contributed by atoms with Crippen LogP contribution in [0.3, 0.4) is 0 Å². The Balaban J connectivity index is 1.97. The molecule has 1 N–H and O–H groups in total. The maximum Gasteiger partial charge on any atom is 0.264 e. The molecule has 3 aromatic rings. The number of sulfonamides is 1. The van der Waals surface area contributed by atoms with Crippen molar-refractivity contribution in [2.24, 2.45) is 0 Å². The van der Waals surface area contributed by atoms with Crippen LogP contribution in [0.5, 0.6) is 5.75 Å². The number of anilines is 1. The molecule has 0 saturated carbocycles. The molecule has 3 aromatic carbocycles. The number of hydrogen-bond acceptors (Lipinski definition) is 5. The van der Waals surface area contributed by atoms with Gasteiger partial charge in [0.05, 0.1) is 17.2 Å². The van der Waals surface area contributed by atoms with Crippen LogP contribution in [0.4, 0.5) is 10.1 Å². The fourth-order valence-corrected chi connectivity index (χ4v) is 5.52. The van der Waals surface area contributed by atoms with Crippen molar-refractivity contribution in [3.63, 3.8) is 0 Å². The summed E-state index contributed by atoms with van der Waals surface area (Å²) in [5.74, 6) is -0.906. The number of halogens is 1. The van der Waals surface area contributed by atoms with Crippen LogP contribution >= 0.6 is 0 Å². The molecule has 0 saturated heterocycles. The lowest BCUT2D eigenvalue weighted by atomic mass is 10.1. The van der Waals surface area contributed by atoms with Crippen LogP contribution in [0.25, 0.3) is 0 Å². The van der Waals surface area contributed by atoms with Crippen molar-refractivity contribution in [3.05, 3.63) is 90.2 Å². The van der Waals surface area contributed by atoms with Crippen LogP contribution in [-0.4, -0.2) is 57.4 Å². The first-order chi connectivity index (χ1) is 19.2. The van der Waals surface area contributed by atoms with Crippen LogP contribution < -0.4 is 14.4 Å². The molecule has 0 heterocycles. The monoisotopic (exact) mass is 569 g/mol. The zero-order chi connectivity index (χ0) is 29.1. The number of carbonyl (C=O) groups excluding carboxylic acids is 2. The van der Waals surface area contributed by atoms with E-state index in [1.54, 1.807) is 31.2 Å². The van der Waals surface area contributed by atoms with Gasteiger partial charge < -0.3 is 15.0 Å². The number of nitrogens with zero attached hydrogens (tertiary/aromatic N) is 2. The maximum absolute atomic E-state index is 13.8. The third kappa shape index (κ3) is 8.05. The summed E-state index contributed by atoms with van der Waals surface area (Å²) in [6, 6.07) is 19.4. The fraction of sp³-hybridized carbons (Fsp3) is 0.333. The second-order valence-corrected chi connectivity index (χ2v) is 11.0. The number of nitrogens with one attached hydrogen (secondary N) is 1. The van der Waals surface area contributed by atoms with E-state index in [-0.39, 0.29) is 23.0 Å². The smallest absolute Gasteiger partial charge is 0.264 e. The normalized spacial score (nSPS) is 11.9. The Hall–Kier alpha value is -3.92. The Labute approximate surface area is 235 Å². The summed E-state index contributed by atoms with van der Waals surface area (Å²) in [4.78, 5) is 27.9. The number of hydrogen-bond donors (Lipinski definition) is 1. The van der Waals surface area contributed by atoms with E-state index in [9.17, 15) is 22.4 Å². The van der Waals surface area contributed by atoms with Gasteiger partial charge in [-0.05, 0) is 80.8 Å². The van der Waals surface area contributed by atoms with Crippen molar-refractivity contribution in [2.75, 3.05) is 30.5 Å². The minimum absolute atomic E-state index is 0.167. The van der Waals surface area contributed by atoms with Gasteiger partial charge in [0.25, 0.3) is 10.0 Å². The molecule has 0 aliphatic carbocycles. The van der Waals surface area contributed by atoms with E-state index < -0.39 is 34.3 Å². The van der Waals surface area contributed by atoms with E-state index in [0.29, 0.717) is 25.3 Å². The van der Waals surface area contributed by atoms with E-state index in [4.69, 9.17) is 4.74 Å². The van der Waals surface area contributed by atoms with Crippen LogP contribution in [0.2, 0.25) is 0 Å². The molecule has 0 aliphatic rings. The van der Waals surface area contributed by atoms with E-state index in [1.807, 2.05) is 44.2 Å². The summed E-state index contributed by atoms with van der Waals surface area (Å²) in [6.45, 7) is 5.93. The van der Waals surface area contributed by atoms with Gasteiger partial charge in [-0.2, -0.15) is 0 Å². The van der Waals surface area contributed by atoms with Gasteiger partial charge in [0.2, 0.25) is 11.8 Å². The van der Waals surface area contributed by atoms with Crippen molar-refractivity contribution < 1.29 is 27.1 Å². The van der Waals surface area contributed by atoms with E-state index in [2.05, 4.69) is 5.32 Å². The SMILES string of the molecule is CCCNC(=O)[C@H](C)N(CCc1ccccc1)C(=O)CN(c1ccc(OCC)cc1)S(=O)(=O)c1ccc(F)cc1. The van der Waals surface area contributed by atoms with E-state index in [0.717, 1.165) is 40.6 Å².